The normalized spacial score (nSPS) is 16.9. The van der Waals surface area contributed by atoms with Crippen molar-refractivity contribution in [3.8, 4) is 0 Å². The molecule has 29 heavy (non-hydrogen) atoms. The van der Waals surface area contributed by atoms with E-state index in [-0.39, 0.29) is 27.3 Å². The van der Waals surface area contributed by atoms with E-state index >= 15 is 0 Å². The van der Waals surface area contributed by atoms with Crippen molar-refractivity contribution in [3.05, 3.63) is 28.8 Å². The number of nitrogens with zero attached hydrogens (tertiary/aromatic N) is 2. The molecule has 0 bridgehead atoms. The molecule has 1 aromatic carbocycles. The molecule has 1 aromatic rings. The molecule has 0 saturated carbocycles. The van der Waals surface area contributed by atoms with E-state index in [1.807, 2.05) is 0 Å². The molecule has 0 aromatic heterocycles. The zero-order valence-electron chi connectivity index (χ0n) is 16.9. The standard InChI is InChI=1S/C18H28ClN3O5S2/c1-4-21(5-2)29(26,27)17-12-15(6-7-16(17)19)18(23)20-13-14-8-10-22(11-9-14)28(3,24)25/h6-7,12,14H,4-5,8-11,13H2,1-3H3,(H,20,23). The molecular formula is C18H28ClN3O5S2. The molecule has 1 saturated heterocycles. The topological polar surface area (TPSA) is 104 Å². The third-order valence-corrected chi connectivity index (χ3v) is 8.95. The first-order valence-corrected chi connectivity index (χ1v) is 13.2. The molecule has 2 rings (SSSR count). The Hall–Kier alpha value is -1.20. The summed E-state index contributed by atoms with van der Waals surface area (Å²) in [7, 11) is -6.97. The Balaban J connectivity index is 2.05. The number of benzene rings is 1. The van der Waals surface area contributed by atoms with Crippen LogP contribution >= 0.6 is 11.6 Å². The van der Waals surface area contributed by atoms with Gasteiger partial charge in [0.25, 0.3) is 5.91 Å². The quantitative estimate of drug-likeness (QED) is 0.630. The number of hydrogen-bond acceptors (Lipinski definition) is 5. The summed E-state index contributed by atoms with van der Waals surface area (Å²) in [5, 5.41) is 2.89. The van der Waals surface area contributed by atoms with Gasteiger partial charge in [0.2, 0.25) is 20.0 Å². The van der Waals surface area contributed by atoms with Crippen LogP contribution in [0.4, 0.5) is 0 Å². The lowest BCUT2D eigenvalue weighted by molar-refractivity contribution is 0.0941. The SMILES string of the molecule is CCN(CC)S(=O)(=O)c1cc(C(=O)NCC2CCN(S(C)(=O)=O)CC2)ccc1Cl. The Labute approximate surface area is 178 Å². The molecule has 0 spiro atoms. The lowest BCUT2D eigenvalue weighted by Crippen LogP contribution is -2.41. The number of hydrogen-bond donors (Lipinski definition) is 1. The summed E-state index contributed by atoms with van der Waals surface area (Å²) in [4.78, 5) is 12.5. The van der Waals surface area contributed by atoms with Crippen LogP contribution in [-0.4, -0.2) is 70.3 Å². The minimum Gasteiger partial charge on any atom is -0.352 e. The summed E-state index contributed by atoms with van der Waals surface area (Å²) < 4.78 is 51.4. The number of nitrogens with one attached hydrogen (secondary N) is 1. The second kappa shape index (κ2) is 9.74. The van der Waals surface area contributed by atoms with Crippen LogP contribution in [0.2, 0.25) is 5.02 Å². The van der Waals surface area contributed by atoms with Crippen LogP contribution in [0.15, 0.2) is 23.1 Å². The lowest BCUT2D eigenvalue weighted by Gasteiger charge is -2.30. The van der Waals surface area contributed by atoms with Crippen molar-refractivity contribution in [1.82, 2.24) is 13.9 Å². The Morgan fingerprint density at radius 2 is 1.76 bits per heavy atom. The van der Waals surface area contributed by atoms with Crippen molar-refractivity contribution in [3.63, 3.8) is 0 Å². The van der Waals surface area contributed by atoms with Crippen LogP contribution in [0.3, 0.4) is 0 Å². The molecule has 11 heteroatoms. The van der Waals surface area contributed by atoms with E-state index in [4.69, 9.17) is 11.6 Å². The monoisotopic (exact) mass is 465 g/mol. The van der Waals surface area contributed by atoms with Crippen LogP contribution in [0.1, 0.15) is 37.0 Å². The van der Waals surface area contributed by atoms with E-state index < -0.39 is 20.0 Å². The highest BCUT2D eigenvalue weighted by Gasteiger charge is 2.27. The van der Waals surface area contributed by atoms with Gasteiger partial charge in [-0.2, -0.15) is 4.31 Å². The van der Waals surface area contributed by atoms with Gasteiger partial charge in [-0.1, -0.05) is 25.4 Å². The fourth-order valence-electron chi connectivity index (χ4n) is 3.33. The Morgan fingerprint density at radius 3 is 2.28 bits per heavy atom. The second-order valence-corrected chi connectivity index (χ2v) is 11.3. The molecule has 1 aliphatic heterocycles. The van der Waals surface area contributed by atoms with Crippen molar-refractivity contribution in [2.24, 2.45) is 5.92 Å². The summed E-state index contributed by atoms with van der Waals surface area (Å²) in [5.74, 6) is -0.216. The third kappa shape index (κ3) is 5.91. The minimum atomic E-state index is -3.78. The van der Waals surface area contributed by atoms with Gasteiger partial charge in [-0.05, 0) is 37.0 Å². The molecule has 1 heterocycles. The number of carbonyl (C=O) groups excluding carboxylic acids is 1. The van der Waals surface area contributed by atoms with Crippen LogP contribution in [0.5, 0.6) is 0 Å². The highest BCUT2D eigenvalue weighted by molar-refractivity contribution is 7.89. The van der Waals surface area contributed by atoms with Crippen LogP contribution in [0, 0.1) is 5.92 Å². The fraction of sp³-hybridized carbons (Fsp3) is 0.611. The van der Waals surface area contributed by atoms with Gasteiger partial charge in [0.05, 0.1) is 11.3 Å². The molecule has 0 atom stereocenters. The van der Waals surface area contributed by atoms with Gasteiger partial charge >= 0.3 is 0 Å². The van der Waals surface area contributed by atoms with E-state index in [2.05, 4.69) is 5.32 Å². The van der Waals surface area contributed by atoms with Crippen LogP contribution in [-0.2, 0) is 20.0 Å². The first-order valence-electron chi connectivity index (χ1n) is 9.53. The van der Waals surface area contributed by atoms with Crippen molar-refractivity contribution in [2.45, 2.75) is 31.6 Å². The number of sulfonamides is 2. The average molecular weight is 466 g/mol. The predicted octanol–water partition coefficient (Wildman–Crippen LogP) is 1.77. The predicted molar refractivity (Wildman–Crippen MR) is 113 cm³/mol. The molecule has 0 radical (unpaired) electrons. The maximum Gasteiger partial charge on any atom is 0.251 e. The van der Waals surface area contributed by atoms with Gasteiger partial charge in [-0.15, -0.1) is 0 Å². The Morgan fingerprint density at radius 1 is 1.17 bits per heavy atom. The van der Waals surface area contributed by atoms with Gasteiger partial charge in [0.1, 0.15) is 4.90 Å². The number of rotatable bonds is 8. The molecular weight excluding hydrogens is 438 g/mol. The van der Waals surface area contributed by atoms with Gasteiger partial charge in [-0.25, -0.2) is 21.1 Å². The van der Waals surface area contributed by atoms with E-state index in [9.17, 15) is 21.6 Å². The molecule has 0 unspecified atom stereocenters. The smallest absolute Gasteiger partial charge is 0.251 e. The molecule has 1 amide bonds. The Kier molecular flexibility index (Phi) is 8.08. The van der Waals surface area contributed by atoms with Gasteiger partial charge < -0.3 is 5.32 Å². The van der Waals surface area contributed by atoms with Crippen molar-refractivity contribution >= 4 is 37.6 Å². The zero-order chi connectivity index (χ0) is 21.8. The largest absolute Gasteiger partial charge is 0.352 e. The van der Waals surface area contributed by atoms with Gasteiger partial charge in [-0.3, -0.25) is 4.79 Å². The number of amides is 1. The van der Waals surface area contributed by atoms with Crippen molar-refractivity contribution < 1.29 is 21.6 Å². The molecule has 164 valence electrons. The first kappa shape index (κ1) is 24.1. The van der Waals surface area contributed by atoms with Crippen LogP contribution < -0.4 is 5.32 Å². The highest BCUT2D eigenvalue weighted by Crippen LogP contribution is 2.26. The minimum absolute atomic E-state index is 0.0709. The Bertz CT molecular complexity index is 938. The summed E-state index contributed by atoms with van der Waals surface area (Å²) >= 11 is 6.10. The third-order valence-electron chi connectivity index (χ3n) is 5.11. The zero-order valence-corrected chi connectivity index (χ0v) is 19.3. The van der Waals surface area contributed by atoms with Gasteiger partial charge in [0.15, 0.2) is 0 Å². The fourth-order valence-corrected chi connectivity index (χ4v) is 6.16. The summed E-state index contributed by atoms with van der Waals surface area (Å²) in [6, 6.07) is 4.21. The number of halogens is 1. The molecule has 1 fully saturated rings. The van der Waals surface area contributed by atoms with Gasteiger partial charge in [0, 0.05) is 38.3 Å². The van der Waals surface area contributed by atoms with E-state index in [0.717, 1.165) is 0 Å². The first-order chi connectivity index (χ1) is 13.5. The molecule has 8 nitrogen and oxygen atoms in total. The summed E-state index contributed by atoms with van der Waals surface area (Å²) in [6.07, 6.45) is 2.52. The number of carbonyl (C=O) groups is 1. The van der Waals surface area contributed by atoms with Crippen molar-refractivity contribution in [1.29, 1.82) is 0 Å². The molecule has 1 N–H and O–H groups in total. The lowest BCUT2D eigenvalue weighted by atomic mass is 9.98. The van der Waals surface area contributed by atoms with E-state index in [1.54, 1.807) is 13.8 Å². The number of piperidine rings is 1. The van der Waals surface area contributed by atoms with Crippen molar-refractivity contribution in [2.75, 3.05) is 39.0 Å². The van der Waals surface area contributed by atoms with Crippen LogP contribution in [0.25, 0.3) is 0 Å². The summed E-state index contributed by atoms with van der Waals surface area (Å²) in [6.45, 7) is 5.35. The maximum absolute atomic E-state index is 12.8. The maximum atomic E-state index is 12.8. The molecule has 0 aliphatic carbocycles. The molecule has 1 aliphatic rings. The van der Waals surface area contributed by atoms with E-state index in [0.29, 0.717) is 45.6 Å². The highest BCUT2D eigenvalue weighted by atomic mass is 35.5. The second-order valence-electron chi connectivity index (χ2n) is 7.05. The van der Waals surface area contributed by atoms with E-state index in [1.165, 1.54) is 33.1 Å². The summed E-state index contributed by atoms with van der Waals surface area (Å²) in [5.41, 5.74) is 0.216. The average Bonchev–Trinajstić information content (AvgIpc) is 2.66.